The molecule has 1 amide bonds. The van der Waals surface area contributed by atoms with E-state index in [1.165, 1.54) is 34.2 Å². The van der Waals surface area contributed by atoms with E-state index in [4.69, 9.17) is 0 Å². The molecule has 0 bridgehead atoms. The molecule has 9 heteroatoms. The number of hydrogen-bond donors (Lipinski definition) is 3. The summed E-state index contributed by atoms with van der Waals surface area (Å²) in [6, 6.07) is 11.5. The van der Waals surface area contributed by atoms with E-state index in [-0.39, 0.29) is 31.3 Å². The molecule has 1 saturated heterocycles. The molecule has 0 saturated carbocycles. The van der Waals surface area contributed by atoms with Gasteiger partial charge in [-0.3, -0.25) is 9.80 Å². The maximum absolute atomic E-state index is 13.2. The van der Waals surface area contributed by atoms with Gasteiger partial charge in [-0.05, 0) is 35.4 Å². The van der Waals surface area contributed by atoms with E-state index in [1.54, 1.807) is 29.3 Å². The molecular formula is C21H19F2N3O4. The highest BCUT2D eigenvalue weighted by atomic mass is 19.1. The number of benzene rings is 2. The Balaban J connectivity index is 1.67. The zero-order valence-electron chi connectivity index (χ0n) is 15.7. The van der Waals surface area contributed by atoms with E-state index in [9.17, 15) is 28.9 Å². The Kier molecular flexibility index (Phi) is 5.15. The number of carbonyl (C=O) groups is 1. The van der Waals surface area contributed by atoms with Crippen molar-refractivity contribution in [2.45, 2.75) is 19.2 Å². The van der Waals surface area contributed by atoms with Crippen LogP contribution in [0.1, 0.15) is 11.1 Å². The van der Waals surface area contributed by atoms with Crippen LogP contribution in [0.25, 0.3) is 0 Å². The average Bonchev–Trinajstić information content (AvgIpc) is 2.72. The number of amides is 1. The third kappa shape index (κ3) is 3.72. The molecule has 1 fully saturated rings. The maximum atomic E-state index is 13.2. The summed E-state index contributed by atoms with van der Waals surface area (Å²) in [5.74, 6) is -2.53. The van der Waals surface area contributed by atoms with E-state index in [1.807, 2.05) is 0 Å². The number of nitrogens with zero attached hydrogens (tertiary/aromatic N) is 3. The Morgan fingerprint density at radius 2 is 1.43 bits per heavy atom. The molecule has 2 aliphatic rings. The third-order valence-electron chi connectivity index (χ3n) is 4.96. The predicted molar refractivity (Wildman–Crippen MR) is 102 cm³/mol. The zero-order valence-corrected chi connectivity index (χ0v) is 15.7. The van der Waals surface area contributed by atoms with Gasteiger partial charge in [0.1, 0.15) is 17.4 Å². The first kappa shape index (κ1) is 19.9. The number of rotatable bonds is 4. The standard InChI is InChI=1S/C21H19F2N3O4/c22-15-5-1-13(2-6-15)9-24-12-25(10-14-3-7-16(23)8-4-14)26-11-17(27)19(28)20(29)18(26)21(24)30/h1-8,11,19,27-29H,9-10,12H2. The molecule has 3 N–H and O–H groups in total. The Morgan fingerprint density at radius 1 is 0.900 bits per heavy atom. The van der Waals surface area contributed by atoms with Gasteiger partial charge >= 0.3 is 0 Å². The van der Waals surface area contributed by atoms with Crippen molar-refractivity contribution in [3.05, 3.63) is 94.7 Å². The van der Waals surface area contributed by atoms with Crippen LogP contribution in [0.3, 0.4) is 0 Å². The summed E-state index contributed by atoms with van der Waals surface area (Å²) in [6.45, 7) is 0.434. The second-order valence-electron chi connectivity index (χ2n) is 7.10. The lowest BCUT2D eigenvalue weighted by Crippen LogP contribution is -2.57. The minimum Gasteiger partial charge on any atom is -0.507 e. The minimum absolute atomic E-state index is 0.0737. The molecular weight excluding hydrogens is 396 g/mol. The van der Waals surface area contributed by atoms with Gasteiger partial charge in [-0.2, -0.15) is 5.01 Å². The highest BCUT2D eigenvalue weighted by Gasteiger charge is 2.41. The van der Waals surface area contributed by atoms with Crippen molar-refractivity contribution >= 4 is 5.91 Å². The van der Waals surface area contributed by atoms with Crippen LogP contribution >= 0.6 is 0 Å². The predicted octanol–water partition coefficient (Wildman–Crippen LogP) is 2.53. The van der Waals surface area contributed by atoms with E-state index >= 15 is 0 Å². The molecule has 4 rings (SSSR count). The van der Waals surface area contributed by atoms with Crippen molar-refractivity contribution in [1.29, 1.82) is 0 Å². The molecule has 1 unspecified atom stereocenters. The summed E-state index contributed by atoms with van der Waals surface area (Å²) < 4.78 is 26.5. The van der Waals surface area contributed by atoms with E-state index < -0.39 is 29.3 Å². The molecule has 156 valence electrons. The second kappa shape index (κ2) is 7.77. The van der Waals surface area contributed by atoms with Crippen LogP contribution in [-0.4, -0.2) is 48.9 Å². The van der Waals surface area contributed by atoms with Crippen LogP contribution < -0.4 is 0 Å². The van der Waals surface area contributed by atoms with Gasteiger partial charge in [0.15, 0.2) is 17.6 Å². The van der Waals surface area contributed by atoms with Gasteiger partial charge in [-0.25, -0.2) is 8.78 Å². The normalized spacial score (nSPS) is 19.8. The molecule has 2 aliphatic heterocycles. The summed E-state index contributed by atoms with van der Waals surface area (Å²) in [7, 11) is 0. The average molecular weight is 415 g/mol. The summed E-state index contributed by atoms with van der Waals surface area (Å²) in [5.41, 5.74) is 1.20. The molecule has 0 radical (unpaired) electrons. The molecule has 2 aromatic carbocycles. The van der Waals surface area contributed by atoms with Crippen LogP contribution in [0.5, 0.6) is 0 Å². The largest absolute Gasteiger partial charge is 0.507 e. The SMILES string of the molecule is O=C1C2=C(O)C(O)C(O)=CN2N(Cc2ccc(F)cc2)CN1Cc1ccc(F)cc1. The van der Waals surface area contributed by atoms with Crippen molar-refractivity contribution < 1.29 is 28.9 Å². The fourth-order valence-corrected chi connectivity index (χ4v) is 3.42. The van der Waals surface area contributed by atoms with E-state index in [2.05, 4.69) is 0 Å². The molecule has 0 aliphatic carbocycles. The number of hydrazine groups is 1. The summed E-state index contributed by atoms with van der Waals surface area (Å²) in [4.78, 5) is 14.4. The lowest BCUT2D eigenvalue weighted by Gasteiger charge is -2.45. The number of aliphatic hydroxyl groups is 3. The third-order valence-corrected chi connectivity index (χ3v) is 4.96. The number of carbonyl (C=O) groups excluding carboxylic acids is 1. The Morgan fingerprint density at radius 3 is 2.00 bits per heavy atom. The molecule has 0 aromatic heterocycles. The number of hydrogen-bond acceptors (Lipinski definition) is 6. The van der Waals surface area contributed by atoms with Gasteiger partial charge < -0.3 is 20.2 Å². The second-order valence-corrected chi connectivity index (χ2v) is 7.10. The van der Waals surface area contributed by atoms with Gasteiger partial charge in [0.2, 0.25) is 0 Å². The molecule has 0 spiro atoms. The summed E-state index contributed by atoms with van der Waals surface area (Å²) in [6.07, 6.45) is -0.547. The van der Waals surface area contributed by atoms with Gasteiger partial charge in [-0.15, -0.1) is 0 Å². The van der Waals surface area contributed by atoms with Crippen LogP contribution in [-0.2, 0) is 17.9 Å². The monoisotopic (exact) mass is 415 g/mol. The number of aliphatic hydroxyl groups excluding tert-OH is 3. The highest BCUT2D eigenvalue weighted by molar-refractivity contribution is 5.94. The number of halogens is 2. The lowest BCUT2D eigenvalue weighted by molar-refractivity contribution is -0.149. The van der Waals surface area contributed by atoms with Crippen molar-refractivity contribution in [2.75, 3.05) is 6.67 Å². The smallest absolute Gasteiger partial charge is 0.276 e. The topological polar surface area (TPSA) is 87.5 Å². The Bertz CT molecular complexity index is 1020. The summed E-state index contributed by atoms with van der Waals surface area (Å²) in [5, 5.41) is 33.2. The lowest BCUT2D eigenvalue weighted by atomic mass is 10.1. The van der Waals surface area contributed by atoms with Gasteiger partial charge in [0.25, 0.3) is 5.91 Å². The van der Waals surface area contributed by atoms with Crippen LogP contribution in [0, 0.1) is 11.6 Å². The van der Waals surface area contributed by atoms with Crippen LogP contribution in [0.15, 0.2) is 71.9 Å². The molecule has 7 nitrogen and oxygen atoms in total. The van der Waals surface area contributed by atoms with Crippen molar-refractivity contribution in [3.63, 3.8) is 0 Å². The zero-order chi connectivity index (χ0) is 21.4. The first-order chi connectivity index (χ1) is 14.3. The van der Waals surface area contributed by atoms with Gasteiger partial charge in [-0.1, -0.05) is 24.3 Å². The first-order valence-electron chi connectivity index (χ1n) is 9.17. The van der Waals surface area contributed by atoms with Crippen molar-refractivity contribution in [3.8, 4) is 0 Å². The Hall–Kier alpha value is -3.43. The molecule has 2 aromatic rings. The van der Waals surface area contributed by atoms with Gasteiger partial charge in [0, 0.05) is 13.1 Å². The fourth-order valence-electron chi connectivity index (χ4n) is 3.42. The number of fused-ring (bicyclic) bond motifs is 1. The highest BCUT2D eigenvalue weighted by Crippen LogP contribution is 2.31. The van der Waals surface area contributed by atoms with Crippen molar-refractivity contribution in [2.24, 2.45) is 0 Å². The quantitative estimate of drug-likeness (QED) is 0.712. The van der Waals surface area contributed by atoms with Crippen molar-refractivity contribution in [1.82, 2.24) is 14.9 Å². The summed E-state index contributed by atoms with van der Waals surface area (Å²) >= 11 is 0. The fraction of sp³-hybridized carbons (Fsp3) is 0.190. The van der Waals surface area contributed by atoms with Gasteiger partial charge in [0.05, 0.1) is 12.9 Å². The molecule has 30 heavy (non-hydrogen) atoms. The first-order valence-corrected chi connectivity index (χ1v) is 9.17. The maximum Gasteiger partial charge on any atom is 0.276 e. The molecule has 2 heterocycles. The minimum atomic E-state index is -1.71. The Labute approximate surface area is 171 Å². The van der Waals surface area contributed by atoms with Crippen LogP contribution in [0.4, 0.5) is 8.78 Å². The molecule has 1 atom stereocenters. The van der Waals surface area contributed by atoms with E-state index in [0.717, 1.165) is 11.8 Å². The van der Waals surface area contributed by atoms with E-state index in [0.29, 0.717) is 5.56 Å². The van der Waals surface area contributed by atoms with Crippen LogP contribution in [0.2, 0.25) is 0 Å².